The molecule has 100 valence electrons. The van der Waals surface area contributed by atoms with Gasteiger partial charge in [-0.3, -0.25) is 0 Å². The summed E-state index contributed by atoms with van der Waals surface area (Å²) in [5, 5.41) is 2.42. The summed E-state index contributed by atoms with van der Waals surface area (Å²) in [5.41, 5.74) is 1.23. The Kier molecular flexibility index (Phi) is 3.31. The summed E-state index contributed by atoms with van der Waals surface area (Å²) >= 11 is 0.143. The van der Waals surface area contributed by atoms with E-state index in [9.17, 15) is 9.59 Å². The number of methoxy groups -OCH3 is 1. The van der Waals surface area contributed by atoms with E-state index in [1.807, 2.05) is 12.1 Å². The SMILES string of the molecule is COc1ccc2c(c1)CN(C1CCC(=O)NC1=O)[Se]2. The van der Waals surface area contributed by atoms with Gasteiger partial charge in [0.15, 0.2) is 0 Å². The van der Waals surface area contributed by atoms with Crippen LogP contribution in [0.5, 0.6) is 5.75 Å². The normalized spacial score (nSPS) is 23.1. The van der Waals surface area contributed by atoms with Crippen LogP contribution in [0.1, 0.15) is 18.4 Å². The van der Waals surface area contributed by atoms with Crippen LogP contribution >= 0.6 is 0 Å². The number of carbonyl (C=O) groups excluding carboxylic acids is 2. The molecule has 1 aromatic rings. The Morgan fingerprint density at radius 3 is 3.00 bits per heavy atom. The predicted octanol–water partition coefficient (Wildman–Crippen LogP) is -0.439. The summed E-state index contributed by atoms with van der Waals surface area (Å²) in [6.45, 7) is 0.763. The summed E-state index contributed by atoms with van der Waals surface area (Å²) in [6.07, 6.45) is 1.06. The van der Waals surface area contributed by atoms with Crippen molar-refractivity contribution in [1.29, 1.82) is 0 Å². The van der Waals surface area contributed by atoms with Gasteiger partial charge in [0.25, 0.3) is 0 Å². The molecule has 3 rings (SSSR count). The predicted molar refractivity (Wildman–Crippen MR) is 70.1 cm³/mol. The van der Waals surface area contributed by atoms with E-state index in [0.29, 0.717) is 12.8 Å². The molecule has 2 amide bonds. The Morgan fingerprint density at radius 2 is 2.26 bits per heavy atom. The van der Waals surface area contributed by atoms with E-state index in [-0.39, 0.29) is 33.0 Å². The molecule has 1 saturated heterocycles. The third kappa shape index (κ3) is 2.39. The summed E-state index contributed by atoms with van der Waals surface area (Å²) < 4.78 is 8.69. The molecule has 19 heavy (non-hydrogen) atoms. The van der Waals surface area contributed by atoms with Crippen LogP contribution in [0.3, 0.4) is 0 Å². The molecular formula is C13H14N2O3Se. The van der Waals surface area contributed by atoms with Crippen molar-refractivity contribution in [3.05, 3.63) is 23.8 Å². The van der Waals surface area contributed by atoms with Gasteiger partial charge in [0, 0.05) is 0 Å². The third-order valence-corrected chi connectivity index (χ3v) is 5.91. The number of piperidine rings is 1. The summed E-state index contributed by atoms with van der Waals surface area (Å²) in [5.74, 6) is 0.532. The summed E-state index contributed by atoms with van der Waals surface area (Å²) in [6, 6.07) is 5.88. The second-order valence-electron chi connectivity index (χ2n) is 4.61. The van der Waals surface area contributed by atoms with Gasteiger partial charge in [-0.1, -0.05) is 0 Å². The molecule has 5 nitrogen and oxygen atoms in total. The number of carbonyl (C=O) groups is 2. The van der Waals surface area contributed by atoms with E-state index in [1.165, 1.54) is 10.0 Å². The van der Waals surface area contributed by atoms with Gasteiger partial charge < -0.3 is 0 Å². The van der Waals surface area contributed by atoms with Gasteiger partial charge in [-0.25, -0.2) is 0 Å². The van der Waals surface area contributed by atoms with E-state index < -0.39 is 0 Å². The van der Waals surface area contributed by atoms with Crippen molar-refractivity contribution in [2.45, 2.75) is 25.4 Å². The number of nitrogens with zero attached hydrogens (tertiary/aromatic N) is 1. The Morgan fingerprint density at radius 1 is 1.42 bits per heavy atom. The average molecular weight is 325 g/mol. The number of ether oxygens (including phenoxy) is 1. The molecule has 1 N–H and O–H groups in total. The van der Waals surface area contributed by atoms with Crippen LogP contribution < -0.4 is 14.5 Å². The zero-order chi connectivity index (χ0) is 13.4. The zero-order valence-electron chi connectivity index (χ0n) is 10.5. The first-order valence-electron chi connectivity index (χ1n) is 6.12. The number of rotatable bonds is 2. The number of hydrogen-bond donors (Lipinski definition) is 1. The molecule has 0 aliphatic carbocycles. The number of amides is 2. The Hall–Kier alpha value is -1.36. The Labute approximate surface area is 117 Å². The van der Waals surface area contributed by atoms with E-state index in [4.69, 9.17) is 4.74 Å². The van der Waals surface area contributed by atoms with E-state index in [2.05, 4.69) is 15.3 Å². The third-order valence-electron chi connectivity index (χ3n) is 3.37. The number of benzene rings is 1. The van der Waals surface area contributed by atoms with Crippen molar-refractivity contribution >= 4 is 31.5 Å². The molecule has 0 radical (unpaired) electrons. The summed E-state index contributed by atoms with van der Waals surface area (Å²) in [7, 11) is 1.65. The van der Waals surface area contributed by atoms with E-state index in [1.54, 1.807) is 7.11 Å². The fourth-order valence-corrected chi connectivity index (χ4v) is 4.77. The standard InChI is InChI=1S/C13H14N2O3Se/c1-18-9-2-4-11-8(6-9)7-15(19-11)10-3-5-12(16)14-13(10)17/h2,4,6,10H,3,5,7H2,1H3,(H,14,16,17). The van der Waals surface area contributed by atoms with Crippen LogP contribution in [0.2, 0.25) is 0 Å². The minimum absolute atomic E-state index is 0.143. The van der Waals surface area contributed by atoms with Gasteiger partial charge >= 0.3 is 117 Å². The molecule has 2 aliphatic rings. The van der Waals surface area contributed by atoms with Gasteiger partial charge in [0.2, 0.25) is 0 Å². The number of imide groups is 1. The van der Waals surface area contributed by atoms with E-state index in [0.717, 1.165) is 12.3 Å². The molecule has 1 fully saturated rings. The Bertz CT molecular complexity index is 547. The minimum atomic E-state index is -0.170. The molecular weight excluding hydrogens is 311 g/mol. The monoisotopic (exact) mass is 326 g/mol. The molecule has 1 atom stereocenters. The van der Waals surface area contributed by atoms with Gasteiger partial charge in [0.05, 0.1) is 0 Å². The molecule has 0 aromatic heterocycles. The molecule has 1 unspecified atom stereocenters. The van der Waals surface area contributed by atoms with Crippen molar-refractivity contribution in [3.8, 4) is 5.75 Å². The zero-order valence-corrected chi connectivity index (χ0v) is 12.2. The molecule has 0 spiro atoms. The fraction of sp³-hybridized carbons (Fsp3) is 0.385. The van der Waals surface area contributed by atoms with Crippen molar-refractivity contribution in [1.82, 2.24) is 9.23 Å². The quantitative estimate of drug-likeness (QED) is 0.592. The number of nitrogens with one attached hydrogen (secondary N) is 1. The molecule has 0 saturated carbocycles. The van der Waals surface area contributed by atoms with Crippen molar-refractivity contribution in [2.75, 3.05) is 7.11 Å². The Balaban J connectivity index is 1.76. The van der Waals surface area contributed by atoms with Crippen LogP contribution in [0.4, 0.5) is 0 Å². The fourth-order valence-electron chi connectivity index (χ4n) is 2.35. The van der Waals surface area contributed by atoms with Gasteiger partial charge in [-0.2, -0.15) is 0 Å². The molecule has 2 aliphatic heterocycles. The molecule has 2 heterocycles. The maximum atomic E-state index is 11.9. The van der Waals surface area contributed by atoms with Crippen molar-refractivity contribution < 1.29 is 14.3 Å². The average Bonchev–Trinajstić information content (AvgIpc) is 2.80. The van der Waals surface area contributed by atoms with Crippen LogP contribution in [0.15, 0.2) is 18.2 Å². The summed E-state index contributed by atoms with van der Waals surface area (Å²) in [4.78, 5) is 23.1. The molecule has 0 bridgehead atoms. The second-order valence-corrected chi connectivity index (χ2v) is 6.90. The van der Waals surface area contributed by atoms with Crippen molar-refractivity contribution in [2.24, 2.45) is 0 Å². The maximum absolute atomic E-state index is 11.9. The second kappa shape index (κ2) is 4.96. The number of hydrogen-bond acceptors (Lipinski definition) is 4. The number of fused-ring (bicyclic) bond motifs is 1. The van der Waals surface area contributed by atoms with Crippen LogP contribution in [0, 0.1) is 0 Å². The van der Waals surface area contributed by atoms with Crippen LogP contribution in [-0.2, 0) is 16.1 Å². The topological polar surface area (TPSA) is 58.6 Å². The van der Waals surface area contributed by atoms with Gasteiger partial charge in [0.1, 0.15) is 0 Å². The molecule has 6 heteroatoms. The first-order valence-corrected chi connectivity index (χ1v) is 7.75. The van der Waals surface area contributed by atoms with E-state index >= 15 is 0 Å². The van der Waals surface area contributed by atoms with Crippen LogP contribution in [0.25, 0.3) is 0 Å². The van der Waals surface area contributed by atoms with Crippen molar-refractivity contribution in [3.63, 3.8) is 0 Å². The van der Waals surface area contributed by atoms with Crippen LogP contribution in [-0.4, -0.2) is 44.1 Å². The van der Waals surface area contributed by atoms with Gasteiger partial charge in [-0.05, 0) is 0 Å². The first-order chi connectivity index (χ1) is 9.17. The van der Waals surface area contributed by atoms with Gasteiger partial charge in [-0.15, -0.1) is 0 Å². The first kappa shape index (κ1) is 12.7. The molecule has 1 aromatic carbocycles.